The molecule has 3 fully saturated rings. The normalized spacial score (nSPS) is 27.2. The molecule has 6 heteroatoms. The van der Waals surface area contributed by atoms with Crippen molar-refractivity contribution in [3.63, 3.8) is 0 Å². The minimum absolute atomic E-state index is 0. The van der Waals surface area contributed by atoms with Crippen LogP contribution < -0.4 is 4.74 Å². The Labute approximate surface area is 157 Å². The summed E-state index contributed by atoms with van der Waals surface area (Å²) in [6, 6.07) is 5.26. The minimum Gasteiger partial charge on any atom is -0.490 e. The summed E-state index contributed by atoms with van der Waals surface area (Å²) in [5, 5.41) is 11.0. The lowest BCUT2D eigenvalue weighted by Gasteiger charge is -2.50. The fourth-order valence-corrected chi connectivity index (χ4v) is 3.84. The van der Waals surface area contributed by atoms with Gasteiger partial charge in [-0.25, -0.2) is 4.79 Å². The van der Waals surface area contributed by atoms with Gasteiger partial charge in [-0.2, -0.15) is 0 Å². The molecule has 3 saturated heterocycles. The van der Waals surface area contributed by atoms with Crippen molar-refractivity contribution in [2.45, 2.75) is 32.3 Å². The SMILES string of the molecule is B.C/C=C/c1cc(C(=O)OCC)ccc1OCC1(O)CN2CCC1CC2. The molecule has 1 N–H and O–H groups in total. The number of fused-ring (bicyclic) bond motifs is 3. The highest BCUT2D eigenvalue weighted by Gasteiger charge is 2.46. The fourth-order valence-electron chi connectivity index (χ4n) is 3.84. The van der Waals surface area contributed by atoms with Gasteiger partial charge in [-0.3, -0.25) is 0 Å². The second-order valence-electron chi connectivity index (χ2n) is 6.92. The Morgan fingerprint density at radius 1 is 1.38 bits per heavy atom. The zero-order chi connectivity index (χ0) is 17.9. The highest BCUT2D eigenvalue weighted by molar-refractivity contribution is 5.90. The Hall–Kier alpha value is -1.79. The summed E-state index contributed by atoms with van der Waals surface area (Å²) < 4.78 is 11.1. The number of nitrogens with zero attached hydrogens (tertiary/aromatic N) is 1. The number of allylic oxidation sites excluding steroid dienone is 1. The molecule has 5 nitrogen and oxygen atoms in total. The van der Waals surface area contributed by atoms with Crippen LogP contribution in [-0.4, -0.2) is 62.8 Å². The molecule has 26 heavy (non-hydrogen) atoms. The quantitative estimate of drug-likeness (QED) is 0.617. The molecular weight excluding hydrogens is 329 g/mol. The second-order valence-corrected chi connectivity index (χ2v) is 6.92. The molecule has 0 saturated carbocycles. The van der Waals surface area contributed by atoms with Gasteiger partial charge in [0, 0.05) is 12.1 Å². The number of ether oxygens (including phenoxy) is 2. The van der Waals surface area contributed by atoms with Gasteiger partial charge in [0.05, 0.1) is 20.6 Å². The van der Waals surface area contributed by atoms with Gasteiger partial charge in [0.25, 0.3) is 0 Å². The summed E-state index contributed by atoms with van der Waals surface area (Å²) >= 11 is 0. The standard InChI is InChI=1S/C20H27NO4.BH3/c1-3-5-15-12-16(19(22)24-4-2)6-7-18(15)25-14-20(23)13-21-10-8-17(20)9-11-21;/h3,5-7,12,17,23H,4,8-11,13-14H2,1-2H3;1H3/b5-3+;. The van der Waals surface area contributed by atoms with Gasteiger partial charge in [-0.15, -0.1) is 0 Å². The average Bonchev–Trinajstić information content (AvgIpc) is 2.62. The third-order valence-corrected chi connectivity index (χ3v) is 5.19. The van der Waals surface area contributed by atoms with E-state index < -0.39 is 5.60 Å². The van der Waals surface area contributed by atoms with Gasteiger partial charge in [0.15, 0.2) is 0 Å². The van der Waals surface area contributed by atoms with Gasteiger partial charge >= 0.3 is 5.97 Å². The van der Waals surface area contributed by atoms with Crippen LogP contribution in [0.25, 0.3) is 6.08 Å². The molecule has 3 heterocycles. The Morgan fingerprint density at radius 2 is 2.12 bits per heavy atom. The minimum atomic E-state index is -0.788. The van der Waals surface area contributed by atoms with Crippen molar-refractivity contribution in [2.75, 3.05) is 32.8 Å². The van der Waals surface area contributed by atoms with Gasteiger partial charge in [-0.1, -0.05) is 12.2 Å². The van der Waals surface area contributed by atoms with E-state index in [9.17, 15) is 9.90 Å². The van der Waals surface area contributed by atoms with Crippen LogP contribution in [0.1, 0.15) is 42.6 Å². The van der Waals surface area contributed by atoms with Crippen LogP contribution in [0.4, 0.5) is 0 Å². The van der Waals surface area contributed by atoms with Crippen molar-refractivity contribution in [2.24, 2.45) is 5.92 Å². The molecule has 0 aliphatic carbocycles. The smallest absolute Gasteiger partial charge is 0.338 e. The Morgan fingerprint density at radius 3 is 2.69 bits per heavy atom. The zero-order valence-electron chi connectivity index (χ0n) is 15.0. The topological polar surface area (TPSA) is 59.0 Å². The maximum atomic E-state index is 11.9. The lowest BCUT2D eigenvalue weighted by Crippen LogP contribution is -2.61. The number of carbonyl (C=O) groups excluding carboxylic acids is 1. The summed E-state index contributed by atoms with van der Waals surface area (Å²) in [6.07, 6.45) is 5.87. The Balaban J connectivity index is 0.00000243. The van der Waals surface area contributed by atoms with E-state index in [-0.39, 0.29) is 21.0 Å². The van der Waals surface area contributed by atoms with Gasteiger partial charge in [0.1, 0.15) is 18.0 Å². The van der Waals surface area contributed by atoms with Crippen LogP contribution in [-0.2, 0) is 4.74 Å². The second kappa shape index (κ2) is 8.74. The van der Waals surface area contributed by atoms with E-state index in [4.69, 9.17) is 9.47 Å². The average molecular weight is 359 g/mol. The molecule has 1 atom stereocenters. The monoisotopic (exact) mass is 359 g/mol. The first-order valence-corrected chi connectivity index (χ1v) is 9.07. The van der Waals surface area contributed by atoms with E-state index in [1.165, 1.54) is 0 Å². The maximum Gasteiger partial charge on any atom is 0.338 e. The van der Waals surface area contributed by atoms with Crippen molar-refractivity contribution < 1.29 is 19.4 Å². The molecule has 0 aromatic heterocycles. The van der Waals surface area contributed by atoms with Gasteiger partial charge in [0.2, 0.25) is 0 Å². The molecule has 0 spiro atoms. The highest BCUT2D eigenvalue weighted by atomic mass is 16.5. The Bertz CT molecular complexity index is 655. The van der Waals surface area contributed by atoms with Crippen LogP contribution in [0.5, 0.6) is 5.75 Å². The van der Waals surface area contributed by atoms with Gasteiger partial charge < -0.3 is 19.5 Å². The van der Waals surface area contributed by atoms with Crippen molar-refractivity contribution in [3.8, 4) is 5.75 Å². The lowest BCUT2D eigenvalue weighted by molar-refractivity contribution is -0.131. The predicted molar refractivity (Wildman–Crippen MR) is 107 cm³/mol. The third kappa shape index (κ3) is 4.30. The largest absolute Gasteiger partial charge is 0.490 e. The number of aliphatic hydroxyl groups is 1. The first-order valence-electron chi connectivity index (χ1n) is 9.07. The van der Waals surface area contributed by atoms with Crippen molar-refractivity contribution >= 4 is 20.5 Å². The van der Waals surface area contributed by atoms with E-state index in [1.54, 1.807) is 25.1 Å². The van der Waals surface area contributed by atoms with Crippen LogP contribution in [0.2, 0.25) is 0 Å². The number of piperidine rings is 3. The van der Waals surface area contributed by atoms with E-state index in [2.05, 4.69) is 4.90 Å². The summed E-state index contributed by atoms with van der Waals surface area (Å²) in [5.74, 6) is 0.647. The van der Waals surface area contributed by atoms with E-state index in [0.717, 1.165) is 31.5 Å². The van der Waals surface area contributed by atoms with Crippen LogP contribution >= 0.6 is 0 Å². The summed E-state index contributed by atoms with van der Waals surface area (Å²) in [5.41, 5.74) is 0.533. The molecule has 0 amide bonds. The molecule has 1 aromatic carbocycles. The van der Waals surface area contributed by atoms with Crippen LogP contribution in [0.3, 0.4) is 0 Å². The van der Waals surface area contributed by atoms with E-state index >= 15 is 0 Å². The van der Waals surface area contributed by atoms with E-state index in [1.807, 2.05) is 19.1 Å². The highest BCUT2D eigenvalue weighted by Crippen LogP contribution is 2.36. The third-order valence-electron chi connectivity index (χ3n) is 5.19. The molecule has 3 aliphatic heterocycles. The van der Waals surface area contributed by atoms with Crippen LogP contribution in [0, 0.1) is 5.92 Å². The summed E-state index contributed by atoms with van der Waals surface area (Å²) in [7, 11) is 0. The maximum absolute atomic E-state index is 11.9. The number of hydrogen-bond donors (Lipinski definition) is 1. The first-order chi connectivity index (χ1) is 12.1. The molecule has 3 aliphatic rings. The molecule has 1 aromatic rings. The molecule has 1 unspecified atom stereocenters. The van der Waals surface area contributed by atoms with Gasteiger partial charge in [-0.05, 0) is 63.9 Å². The number of esters is 1. The number of hydrogen-bond acceptors (Lipinski definition) is 5. The van der Waals surface area contributed by atoms with Crippen molar-refractivity contribution in [3.05, 3.63) is 35.4 Å². The predicted octanol–water partition coefficient (Wildman–Crippen LogP) is 1.55. The summed E-state index contributed by atoms with van der Waals surface area (Å²) in [4.78, 5) is 14.2. The molecule has 142 valence electrons. The van der Waals surface area contributed by atoms with Crippen LogP contribution in [0.15, 0.2) is 24.3 Å². The Kier molecular flexibility index (Phi) is 6.90. The zero-order valence-corrected chi connectivity index (χ0v) is 15.0. The number of carbonyl (C=O) groups is 1. The number of rotatable bonds is 6. The van der Waals surface area contributed by atoms with E-state index in [0.29, 0.717) is 30.4 Å². The molecule has 2 bridgehead atoms. The van der Waals surface area contributed by atoms with Crippen molar-refractivity contribution in [1.82, 2.24) is 4.90 Å². The molecule has 0 radical (unpaired) electrons. The molecular formula is C20H30BNO4. The molecule has 4 rings (SSSR count). The fraction of sp³-hybridized carbons (Fsp3) is 0.550. The van der Waals surface area contributed by atoms with Crippen molar-refractivity contribution in [1.29, 1.82) is 0 Å². The number of benzene rings is 1. The summed E-state index contributed by atoms with van der Waals surface area (Å²) in [6.45, 7) is 7.16. The first kappa shape index (κ1) is 20.5. The lowest BCUT2D eigenvalue weighted by atomic mass is 9.76.